The molecule has 1 fully saturated rings. The fourth-order valence-electron chi connectivity index (χ4n) is 3.71. The smallest absolute Gasteiger partial charge is 0.326 e. The van der Waals surface area contributed by atoms with E-state index in [0.29, 0.717) is 5.75 Å². The highest BCUT2D eigenvalue weighted by Gasteiger charge is 2.41. The molecule has 0 bridgehead atoms. The van der Waals surface area contributed by atoms with E-state index < -0.39 is 39.1 Å². The molecule has 1 heterocycles. The molecule has 1 aliphatic rings. The molecule has 7 nitrogen and oxygen atoms in total. The Bertz CT molecular complexity index is 1310. The molecule has 0 saturated carbocycles. The zero-order chi connectivity index (χ0) is 23.6. The number of carboxylic acids is 1. The van der Waals surface area contributed by atoms with Crippen LogP contribution in [0, 0.1) is 5.82 Å². The summed E-state index contributed by atoms with van der Waals surface area (Å²) < 4.78 is 40.5. The SMILES string of the molecule is O=C(O)[C@H](Cc1ccc2ccccc2c1)NC(=O)[C@@H]1SCCN1S(=O)(=O)c1cccc(F)c1. The first-order valence-electron chi connectivity index (χ1n) is 10.2. The van der Waals surface area contributed by atoms with Gasteiger partial charge in [0.2, 0.25) is 15.9 Å². The summed E-state index contributed by atoms with van der Waals surface area (Å²) in [5.41, 5.74) is 0.727. The van der Waals surface area contributed by atoms with E-state index in [4.69, 9.17) is 0 Å². The molecule has 33 heavy (non-hydrogen) atoms. The summed E-state index contributed by atoms with van der Waals surface area (Å²) >= 11 is 1.09. The molecule has 1 saturated heterocycles. The number of carboxylic acid groups (broad SMARTS) is 1. The fraction of sp³-hybridized carbons (Fsp3) is 0.217. The molecule has 2 atom stereocenters. The van der Waals surface area contributed by atoms with Crippen LogP contribution in [0.1, 0.15) is 5.56 Å². The number of rotatable bonds is 7. The van der Waals surface area contributed by atoms with Crippen molar-refractivity contribution in [1.29, 1.82) is 0 Å². The van der Waals surface area contributed by atoms with Gasteiger partial charge in [-0.3, -0.25) is 4.79 Å². The number of hydrogen-bond acceptors (Lipinski definition) is 5. The van der Waals surface area contributed by atoms with Crippen LogP contribution in [0.4, 0.5) is 4.39 Å². The minimum Gasteiger partial charge on any atom is -0.480 e. The van der Waals surface area contributed by atoms with Gasteiger partial charge >= 0.3 is 5.97 Å². The summed E-state index contributed by atoms with van der Waals surface area (Å²) in [6.07, 6.45) is 0.0416. The minimum absolute atomic E-state index is 0.0416. The number of hydrogen-bond donors (Lipinski definition) is 2. The molecular formula is C23H21FN2O5S2. The Kier molecular flexibility index (Phi) is 6.68. The average molecular weight is 489 g/mol. The molecule has 0 aromatic heterocycles. The highest BCUT2D eigenvalue weighted by molar-refractivity contribution is 8.02. The Morgan fingerprint density at radius 2 is 1.85 bits per heavy atom. The van der Waals surface area contributed by atoms with Crippen molar-refractivity contribution in [2.75, 3.05) is 12.3 Å². The van der Waals surface area contributed by atoms with Crippen LogP contribution >= 0.6 is 11.8 Å². The Balaban J connectivity index is 1.52. The van der Waals surface area contributed by atoms with Gasteiger partial charge in [-0.2, -0.15) is 4.31 Å². The van der Waals surface area contributed by atoms with Gasteiger partial charge < -0.3 is 10.4 Å². The summed E-state index contributed by atoms with van der Waals surface area (Å²) in [5.74, 6) is -2.29. The molecule has 1 amide bonds. The van der Waals surface area contributed by atoms with E-state index >= 15 is 0 Å². The van der Waals surface area contributed by atoms with Crippen LogP contribution < -0.4 is 5.32 Å². The first-order chi connectivity index (χ1) is 15.8. The Hall–Kier alpha value is -2.95. The van der Waals surface area contributed by atoms with Crippen LogP contribution in [0.5, 0.6) is 0 Å². The lowest BCUT2D eigenvalue weighted by Gasteiger charge is -2.24. The van der Waals surface area contributed by atoms with Gasteiger partial charge in [0.25, 0.3) is 0 Å². The van der Waals surface area contributed by atoms with Gasteiger partial charge in [0.15, 0.2) is 0 Å². The molecule has 0 aliphatic carbocycles. The average Bonchev–Trinajstić information content (AvgIpc) is 3.29. The van der Waals surface area contributed by atoms with E-state index in [0.717, 1.165) is 44.5 Å². The summed E-state index contributed by atoms with van der Waals surface area (Å²) in [7, 11) is -4.13. The molecular weight excluding hydrogens is 467 g/mol. The van der Waals surface area contributed by atoms with Crippen molar-refractivity contribution in [3.63, 3.8) is 0 Å². The summed E-state index contributed by atoms with van der Waals surface area (Å²) in [4.78, 5) is 24.5. The first-order valence-corrected chi connectivity index (χ1v) is 12.6. The second-order valence-electron chi connectivity index (χ2n) is 7.58. The van der Waals surface area contributed by atoms with E-state index in [-0.39, 0.29) is 17.9 Å². The summed E-state index contributed by atoms with van der Waals surface area (Å²) in [6, 6.07) is 16.5. The van der Waals surface area contributed by atoms with Crippen molar-refractivity contribution < 1.29 is 27.5 Å². The number of halogens is 1. The monoisotopic (exact) mass is 488 g/mol. The van der Waals surface area contributed by atoms with Crippen molar-refractivity contribution >= 4 is 44.4 Å². The van der Waals surface area contributed by atoms with Crippen molar-refractivity contribution in [2.45, 2.75) is 22.7 Å². The molecule has 3 aromatic carbocycles. The highest BCUT2D eigenvalue weighted by Crippen LogP contribution is 2.30. The normalized spacial score (nSPS) is 17.7. The van der Waals surface area contributed by atoms with Gasteiger partial charge in [-0.05, 0) is 34.5 Å². The second kappa shape index (κ2) is 9.50. The van der Waals surface area contributed by atoms with Crippen molar-refractivity contribution in [3.05, 3.63) is 78.1 Å². The number of thioether (sulfide) groups is 1. The largest absolute Gasteiger partial charge is 0.480 e. The number of carbonyl (C=O) groups excluding carboxylic acids is 1. The molecule has 172 valence electrons. The zero-order valence-corrected chi connectivity index (χ0v) is 19.0. The Morgan fingerprint density at radius 1 is 1.09 bits per heavy atom. The maximum atomic E-state index is 13.6. The van der Waals surface area contributed by atoms with Crippen molar-refractivity contribution in [1.82, 2.24) is 9.62 Å². The lowest BCUT2D eigenvalue weighted by molar-refractivity contribution is -0.141. The summed E-state index contributed by atoms with van der Waals surface area (Å²) in [5, 5.41) is 13.0. The van der Waals surface area contributed by atoms with Gasteiger partial charge in [0.05, 0.1) is 4.90 Å². The van der Waals surface area contributed by atoms with E-state index in [1.807, 2.05) is 36.4 Å². The summed E-state index contributed by atoms with van der Waals surface area (Å²) in [6.45, 7) is 0.0595. The molecule has 0 unspecified atom stereocenters. The standard InChI is InChI=1S/C23H21FN2O5S2/c24-18-6-3-7-19(14-18)33(30,31)26-10-11-32-22(26)21(27)25-20(23(28)29)13-15-8-9-16-4-1-2-5-17(16)12-15/h1-9,12,14,20,22H,10-11,13H2,(H,25,27)(H,28,29)/t20-,22-/m0/s1. The number of nitrogens with zero attached hydrogens (tertiary/aromatic N) is 1. The van der Waals surface area contributed by atoms with Gasteiger partial charge in [-0.25, -0.2) is 17.6 Å². The van der Waals surface area contributed by atoms with Crippen LogP contribution in [0.2, 0.25) is 0 Å². The number of fused-ring (bicyclic) bond motifs is 1. The number of carbonyl (C=O) groups is 2. The molecule has 0 radical (unpaired) electrons. The number of aliphatic carboxylic acids is 1. The van der Waals surface area contributed by atoms with Crippen LogP contribution in [0.25, 0.3) is 10.8 Å². The number of amides is 1. The van der Waals surface area contributed by atoms with Gasteiger partial charge in [-0.1, -0.05) is 48.5 Å². The molecule has 4 rings (SSSR count). The Morgan fingerprint density at radius 3 is 2.58 bits per heavy atom. The van der Waals surface area contributed by atoms with E-state index in [9.17, 15) is 27.5 Å². The zero-order valence-electron chi connectivity index (χ0n) is 17.3. The molecule has 0 spiro atoms. The third kappa shape index (κ3) is 5.02. The predicted molar refractivity (Wildman–Crippen MR) is 124 cm³/mol. The van der Waals surface area contributed by atoms with Gasteiger partial charge in [0, 0.05) is 18.7 Å². The van der Waals surface area contributed by atoms with Gasteiger partial charge in [0.1, 0.15) is 17.2 Å². The quantitative estimate of drug-likeness (QED) is 0.530. The minimum atomic E-state index is -4.13. The Labute approximate surface area is 194 Å². The van der Waals surface area contributed by atoms with Gasteiger partial charge in [-0.15, -0.1) is 11.8 Å². The molecule has 10 heteroatoms. The fourth-order valence-corrected chi connectivity index (χ4v) is 6.83. The third-order valence-electron chi connectivity index (χ3n) is 5.34. The first kappa shape index (κ1) is 23.2. The maximum absolute atomic E-state index is 13.6. The van der Waals surface area contributed by atoms with Crippen LogP contribution in [-0.4, -0.2) is 53.4 Å². The third-order valence-corrected chi connectivity index (χ3v) is 8.54. The molecule has 2 N–H and O–H groups in total. The van der Waals surface area contributed by atoms with Crippen LogP contribution in [-0.2, 0) is 26.0 Å². The van der Waals surface area contributed by atoms with E-state index in [1.165, 1.54) is 12.1 Å². The maximum Gasteiger partial charge on any atom is 0.326 e. The highest BCUT2D eigenvalue weighted by atomic mass is 32.2. The topological polar surface area (TPSA) is 104 Å². The second-order valence-corrected chi connectivity index (χ2v) is 10.7. The van der Waals surface area contributed by atoms with Crippen molar-refractivity contribution in [2.24, 2.45) is 0 Å². The van der Waals surface area contributed by atoms with Crippen molar-refractivity contribution in [3.8, 4) is 0 Å². The lowest BCUT2D eigenvalue weighted by Crippen LogP contribution is -2.50. The lowest BCUT2D eigenvalue weighted by atomic mass is 10.0. The molecule has 1 aliphatic heterocycles. The molecule has 3 aromatic rings. The number of benzene rings is 3. The van der Waals surface area contributed by atoms with E-state index in [1.54, 1.807) is 6.07 Å². The van der Waals surface area contributed by atoms with E-state index in [2.05, 4.69) is 5.32 Å². The predicted octanol–water partition coefficient (Wildman–Crippen LogP) is 2.85. The number of sulfonamides is 1. The van der Waals surface area contributed by atoms with Crippen LogP contribution in [0.3, 0.4) is 0 Å². The number of nitrogens with one attached hydrogen (secondary N) is 1. The van der Waals surface area contributed by atoms with Crippen LogP contribution in [0.15, 0.2) is 71.6 Å².